The molecular weight excluding hydrogens is 378 g/mol. The topological polar surface area (TPSA) is 91.3 Å². The Hall–Kier alpha value is -2.57. The van der Waals surface area contributed by atoms with E-state index in [9.17, 15) is 9.59 Å². The van der Waals surface area contributed by atoms with E-state index in [1.54, 1.807) is 11.5 Å². The monoisotopic (exact) mass is 407 g/mol. The molecule has 1 aromatic heterocycles. The maximum atomic E-state index is 12.9. The number of hydrogen-bond donors (Lipinski definition) is 3. The number of fused-ring (bicyclic) bond motifs is 1. The molecule has 0 bridgehead atoms. The Labute approximate surface area is 177 Å². The van der Waals surface area contributed by atoms with Gasteiger partial charge in [0.05, 0.1) is 0 Å². The number of nitrogens with zero attached hydrogens (tertiary/aromatic N) is 1. The average Bonchev–Trinajstić information content (AvgIpc) is 2.78. The van der Waals surface area contributed by atoms with Crippen LogP contribution in [0.25, 0.3) is 0 Å². The van der Waals surface area contributed by atoms with E-state index >= 15 is 0 Å². The Morgan fingerprint density at radius 1 is 1.20 bits per heavy atom. The molecule has 1 aliphatic carbocycles. The summed E-state index contributed by atoms with van der Waals surface area (Å²) in [6, 6.07) is 9.77. The van der Waals surface area contributed by atoms with Crippen LogP contribution >= 0.6 is 0 Å². The van der Waals surface area contributed by atoms with Crippen molar-refractivity contribution in [1.82, 2.24) is 15.8 Å². The van der Waals surface area contributed by atoms with Crippen LogP contribution in [0.1, 0.15) is 64.8 Å². The third kappa shape index (κ3) is 4.30. The van der Waals surface area contributed by atoms with Gasteiger partial charge in [-0.1, -0.05) is 13.0 Å². The Kier molecular flexibility index (Phi) is 5.97. The first kappa shape index (κ1) is 20.7. The van der Waals surface area contributed by atoms with Gasteiger partial charge < -0.3 is 5.32 Å². The first-order chi connectivity index (χ1) is 14.5. The molecular formula is C24H29N3O3. The molecule has 1 atom stereocenters. The number of aryl methyl sites for hydroxylation is 1. The number of carbonyl (C=O) groups is 2. The summed E-state index contributed by atoms with van der Waals surface area (Å²) in [4.78, 5) is 29.1. The number of benzene rings is 1. The van der Waals surface area contributed by atoms with Gasteiger partial charge in [0.25, 0.3) is 5.91 Å². The van der Waals surface area contributed by atoms with E-state index in [1.165, 1.54) is 11.1 Å². The van der Waals surface area contributed by atoms with Crippen molar-refractivity contribution >= 4 is 11.7 Å². The van der Waals surface area contributed by atoms with Crippen molar-refractivity contribution in [2.45, 2.75) is 51.4 Å². The van der Waals surface area contributed by atoms with Gasteiger partial charge in [-0.15, -0.1) is 0 Å². The largest absolute Gasteiger partial charge is 0.317 e. The third-order valence-corrected chi connectivity index (χ3v) is 6.83. The fourth-order valence-electron chi connectivity index (χ4n) is 4.73. The number of carbonyl (C=O) groups excluding carboxylic acids is 2. The van der Waals surface area contributed by atoms with Crippen LogP contribution in [0.3, 0.4) is 0 Å². The first-order valence-electron chi connectivity index (χ1n) is 10.7. The Bertz CT molecular complexity index is 950. The minimum atomic E-state index is -0.481. The molecule has 6 nitrogen and oxygen atoms in total. The Morgan fingerprint density at radius 3 is 2.77 bits per heavy atom. The zero-order valence-corrected chi connectivity index (χ0v) is 17.4. The van der Waals surface area contributed by atoms with Crippen molar-refractivity contribution in [1.29, 1.82) is 0 Å². The van der Waals surface area contributed by atoms with Gasteiger partial charge >= 0.3 is 0 Å². The average molecular weight is 408 g/mol. The fourth-order valence-corrected chi connectivity index (χ4v) is 4.73. The number of Topliss-reactive ketones (excluding diaryl/α,β-unsaturated/α-hetero) is 1. The summed E-state index contributed by atoms with van der Waals surface area (Å²) in [6.07, 6.45) is 6.77. The predicted molar refractivity (Wildman–Crippen MR) is 114 cm³/mol. The van der Waals surface area contributed by atoms with Crippen LogP contribution in [0.4, 0.5) is 0 Å². The molecule has 158 valence electrons. The van der Waals surface area contributed by atoms with E-state index in [0.29, 0.717) is 17.9 Å². The lowest BCUT2D eigenvalue weighted by Gasteiger charge is -2.32. The molecule has 1 fully saturated rings. The quantitative estimate of drug-likeness (QED) is 0.524. The van der Waals surface area contributed by atoms with Crippen LogP contribution in [-0.2, 0) is 24.1 Å². The second kappa shape index (κ2) is 8.66. The van der Waals surface area contributed by atoms with Gasteiger partial charge in [0, 0.05) is 29.3 Å². The Balaban J connectivity index is 1.47. The number of nitrogens with one attached hydrogen (secondary N) is 2. The van der Waals surface area contributed by atoms with Gasteiger partial charge in [-0.25, -0.2) is 5.48 Å². The molecule has 2 aliphatic rings. The summed E-state index contributed by atoms with van der Waals surface area (Å²) in [5, 5.41) is 12.2. The normalized spacial score (nSPS) is 20.3. The standard InChI is InChI=1S/C24H29N3O3/c1-24(7-10-25-11-8-24)22(28)15-21-14-19(6-9-26-21)17-2-3-18-13-20(23(29)27-30)5-4-16(18)12-17/h4-6,9,13-14,17,25,30H,2-3,7-8,10-12,15H2,1H3,(H,27,29). The van der Waals surface area contributed by atoms with Crippen molar-refractivity contribution in [2.75, 3.05) is 13.1 Å². The molecule has 2 heterocycles. The molecule has 1 saturated heterocycles. The van der Waals surface area contributed by atoms with E-state index in [0.717, 1.165) is 56.5 Å². The summed E-state index contributed by atoms with van der Waals surface area (Å²) in [7, 11) is 0. The van der Waals surface area contributed by atoms with Crippen molar-refractivity contribution < 1.29 is 14.8 Å². The molecule has 1 amide bonds. The fraction of sp³-hybridized carbons (Fsp3) is 0.458. The molecule has 6 heteroatoms. The molecule has 0 saturated carbocycles. The second-order valence-corrected chi connectivity index (χ2v) is 8.86. The summed E-state index contributed by atoms with van der Waals surface area (Å²) >= 11 is 0. The number of hydroxylamine groups is 1. The van der Waals surface area contributed by atoms with Crippen LogP contribution in [0.15, 0.2) is 36.5 Å². The number of piperidine rings is 1. The molecule has 0 spiro atoms. The molecule has 30 heavy (non-hydrogen) atoms. The molecule has 2 aromatic rings. The Morgan fingerprint density at radius 2 is 2.00 bits per heavy atom. The molecule has 1 unspecified atom stereocenters. The van der Waals surface area contributed by atoms with Crippen LogP contribution in [-0.4, -0.2) is 35.0 Å². The van der Waals surface area contributed by atoms with Crippen LogP contribution < -0.4 is 10.8 Å². The van der Waals surface area contributed by atoms with Crippen LogP contribution in [0, 0.1) is 5.41 Å². The predicted octanol–water partition coefficient (Wildman–Crippen LogP) is 2.97. The summed E-state index contributed by atoms with van der Waals surface area (Å²) in [6.45, 7) is 3.89. The van der Waals surface area contributed by atoms with Crippen molar-refractivity contribution in [2.24, 2.45) is 5.41 Å². The van der Waals surface area contributed by atoms with E-state index in [2.05, 4.69) is 29.4 Å². The lowest BCUT2D eigenvalue weighted by atomic mass is 9.75. The van der Waals surface area contributed by atoms with Gasteiger partial charge in [-0.3, -0.25) is 19.8 Å². The molecule has 1 aliphatic heterocycles. The lowest BCUT2D eigenvalue weighted by molar-refractivity contribution is -0.128. The highest BCUT2D eigenvalue weighted by atomic mass is 16.5. The highest BCUT2D eigenvalue weighted by molar-refractivity contribution is 5.93. The van der Waals surface area contributed by atoms with Crippen LogP contribution in [0.2, 0.25) is 0 Å². The maximum Gasteiger partial charge on any atom is 0.274 e. The van der Waals surface area contributed by atoms with E-state index in [-0.39, 0.29) is 11.2 Å². The number of hydrogen-bond acceptors (Lipinski definition) is 5. The zero-order valence-electron chi connectivity index (χ0n) is 17.4. The highest BCUT2D eigenvalue weighted by Crippen LogP contribution is 2.34. The molecule has 1 aromatic carbocycles. The molecule has 3 N–H and O–H groups in total. The number of pyridine rings is 1. The van der Waals surface area contributed by atoms with E-state index in [4.69, 9.17) is 5.21 Å². The first-order valence-corrected chi connectivity index (χ1v) is 10.7. The molecule has 0 radical (unpaired) electrons. The highest BCUT2D eigenvalue weighted by Gasteiger charge is 2.34. The smallest absolute Gasteiger partial charge is 0.274 e. The maximum absolute atomic E-state index is 12.9. The number of aromatic nitrogens is 1. The SMILES string of the molecule is CC1(C(=O)Cc2cc(C3CCc4cc(C(=O)NO)ccc4C3)ccn2)CCNCC1. The summed E-state index contributed by atoms with van der Waals surface area (Å²) < 4.78 is 0. The summed E-state index contributed by atoms with van der Waals surface area (Å²) in [5.41, 5.74) is 6.41. The minimum absolute atomic E-state index is 0.245. The van der Waals surface area contributed by atoms with Gasteiger partial charge in [0.1, 0.15) is 5.78 Å². The number of ketones is 1. The number of amides is 1. The second-order valence-electron chi connectivity index (χ2n) is 8.86. The zero-order chi connectivity index (χ0) is 21.1. The van der Waals surface area contributed by atoms with Gasteiger partial charge in [-0.2, -0.15) is 0 Å². The number of rotatable bonds is 5. The van der Waals surface area contributed by atoms with Gasteiger partial charge in [0.15, 0.2) is 0 Å². The molecule has 4 rings (SSSR count). The van der Waals surface area contributed by atoms with E-state index < -0.39 is 5.91 Å². The summed E-state index contributed by atoms with van der Waals surface area (Å²) in [5.74, 6) is 0.185. The van der Waals surface area contributed by atoms with Crippen molar-refractivity contribution in [3.8, 4) is 0 Å². The van der Waals surface area contributed by atoms with Crippen LogP contribution in [0.5, 0.6) is 0 Å². The van der Waals surface area contributed by atoms with Gasteiger partial charge in [0.2, 0.25) is 0 Å². The minimum Gasteiger partial charge on any atom is -0.317 e. The van der Waals surface area contributed by atoms with Crippen molar-refractivity contribution in [3.63, 3.8) is 0 Å². The van der Waals surface area contributed by atoms with Gasteiger partial charge in [-0.05, 0) is 92.1 Å². The van der Waals surface area contributed by atoms with Crippen molar-refractivity contribution in [3.05, 3.63) is 64.5 Å². The third-order valence-electron chi connectivity index (χ3n) is 6.83. The van der Waals surface area contributed by atoms with E-state index in [1.807, 2.05) is 18.3 Å². The lowest BCUT2D eigenvalue weighted by Crippen LogP contribution is -2.40.